The van der Waals surface area contributed by atoms with Crippen molar-refractivity contribution >= 4 is 23.6 Å². The Bertz CT molecular complexity index is 972. The molecule has 3 rings (SSSR count). The molecule has 3 aromatic rings. The van der Waals surface area contributed by atoms with Crippen LogP contribution < -0.4 is 15.4 Å². The molecule has 0 spiro atoms. The minimum Gasteiger partial charge on any atom is -0.497 e. The first-order chi connectivity index (χ1) is 13.5. The van der Waals surface area contributed by atoms with Gasteiger partial charge in [-0.1, -0.05) is 17.7 Å². The van der Waals surface area contributed by atoms with E-state index in [1.807, 2.05) is 19.1 Å². The molecule has 0 fully saturated rings. The molecule has 0 aliphatic heterocycles. The number of hydrogen-bond donors (Lipinski definition) is 2. The van der Waals surface area contributed by atoms with Gasteiger partial charge >= 0.3 is 0 Å². The number of methoxy groups -OCH3 is 1. The first-order valence-corrected chi connectivity index (χ1v) is 8.64. The number of rotatable bonds is 6. The lowest BCUT2D eigenvalue weighted by Gasteiger charge is -2.11. The highest BCUT2D eigenvalue weighted by atomic mass is 16.5. The fourth-order valence-electron chi connectivity index (χ4n) is 2.45. The van der Waals surface area contributed by atoms with Gasteiger partial charge in [0.1, 0.15) is 17.2 Å². The summed E-state index contributed by atoms with van der Waals surface area (Å²) in [5.41, 5.74) is 2.13. The summed E-state index contributed by atoms with van der Waals surface area (Å²) < 4.78 is 10.4. The average Bonchev–Trinajstić information content (AvgIpc) is 3.21. The van der Waals surface area contributed by atoms with Crippen molar-refractivity contribution in [3.63, 3.8) is 0 Å². The quantitative estimate of drug-likeness (QED) is 0.637. The SMILES string of the molecule is COc1ccc(NC(=O)C(=Cc2ccco2)NC(=O)c2ccc(C)cc2)cc1. The van der Waals surface area contributed by atoms with Gasteiger partial charge in [-0.05, 0) is 55.5 Å². The van der Waals surface area contributed by atoms with Crippen LogP contribution in [-0.2, 0) is 4.79 Å². The normalized spacial score (nSPS) is 11.0. The van der Waals surface area contributed by atoms with Gasteiger partial charge in [-0.2, -0.15) is 0 Å². The zero-order valence-corrected chi connectivity index (χ0v) is 15.6. The van der Waals surface area contributed by atoms with Crippen LogP contribution in [0.4, 0.5) is 5.69 Å². The van der Waals surface area contributed by atoms with Gasteiger partial charge in [0.15, 0.2) is 0 Å². The van der Waals surface area contributed by atoms with Crippen LogP contribution in [0.2, 0.25) is 0 Å². The molecular formula is C22H20N2O4. The number of aryl methyl sites for hydroxylation is 1. The molecule has 2 N–H and O–H groups in total. The molecule has 2 amide bonds. The van der Waals surface area contributed by atoms with E-state index in [4.69, 9.17) is 9.15 Å². The van der Waals surface area contributed by atoms with Crippen LogP contribution in [0.1, 0.15) is 21.7 Å². The maximum atomic E-state index is 12.7. The van der Waals surface area contributed by atoms with Crippen molar-refractivity contribution in [2.75, 3.05) is 12.4 Å². The van der Waals surface area contributed by atoms with Gasteiger partial charge in [-0.15, -0.1) is 0 Å². The first kappa shape index (κ1) is 19.0. The van der Waals surface area contributed by atoms with Crippen LogP contribution in [0.15, 0.2) is 77.0 Å². The maximum absolute atomic E-state index is 12.7. The Morgan fingerprint density at radius 3 is 2.32 bits per heavy atom. The summed E-state index contributed by atoms with van der Waals surface area (Å²) in [5.74, 6) is 0.269. The van der Waals surface area contributed by atoms with E-state index in [1.165, 1.54) is 12.3 Å². The molecule has 6 heteroatoms. The molecule has 0 saturated carbocycles. The van der Waals surface area contributed by atoms with E-state index in [9.17, 15) is 9.59 Å². The summed E-state index contributed by atoms with van der Waals surface area (Å²) in [6.45, 7) is 1.94. The molecular weight excluding hydrogens is 356 g/mol. The number of anilines is 1. The molecule has 0 saturated heterocycles. The summed E-state index contributed by atoms with van der Waals surface area (Å²) in [7, 11) is 1.57. The van der Waals surface area contributed by atoms with Gasteiger partial charge < -0.3 is 19.8 Å². The van der Waals surface area contributed by atoms with Crippen LogP contribution in [0, 0.1) is 6.92 Å². The third kappa shape index (κ3) is 4.88. The van der Waals surface area contributed by atoms with Crippen LogP contribution >= 0.6 is 0 Å². The Labute approximate surface area is 162 Å². The Morgan fingerprint density at radius 1 is 1.00 bits per heavy atom. The second-order valence-corrected chi connectivity index (χ2v) is 6.08. The summed E-state index contributed by atoms with van der Waals surface area (Å²) in [6.07, 6.45) is 2.97. The van der Waals surface area contributed by atoms with Crippen LogP contribution in [-0.4, -0.2) is 18.9 Å². The van der Waals surface area contributed by atoms with E-state index in [1.54, 1.807) is 55.6 Å². The monoisotopic (exact) mass is 376 g/mol. The molecule has 28 heavy (non-hydrogen) atoms. The number of hydrogen-bond acceptors (Lipinski definition) is 4. The summed E-state index contributed by atoms with van der Waals surface area (Å²) >= 11 is 0. The van der Waals surface area contributed by atoms with Crippen molar-refractivity contribution in [3.8, 4) is 5.75 Å². The highest BCUT2D eigenvalue weighted by Crippen LogP contribution is 2.16. The number of furan rings is 1. The van der Waals surface area contributed by atoms with Crippen molar-refractivity contribution in [1.29, 1.82) is 0 Å². The average molecular weight is 376 g/mol. The van der Waals surface area contributed by atoms with Crippen molar-refractivity contribution < 1.29 is 18.7 Å². The van der Waals surface area contributed by atoms with Gasteiger partial charge in [0.25, 0.3) is 11.8 Å². The predicted molar refractivity (Wildman–Crippen MR) is 107 cm³/mol. The smallest absolute Gasteiger partial charge is 0.272 e. The first-order valence-electron chi connectivity index (χ1n) is 8.64. The highest BCUT2D eigenvalue weighted by Gasteiger charge is 2.15. The number of nitrogens with one attached hydrogen (secondary N) is 2. The van der Waals surface area contributed by atoms with E-state index in [-0.39, 0.29) is 11.6 Å². The van der Waals surface area contributed by atoms with E-state index in [2.05, 4.69) is 10.6 Å². The van der Waals surface area contributed by atoms with Crippen molar-refractivity contribution in [2.24, 2.45) is 0 Å². The Morgan fingerprint density at radius 2 is 1.71 bits per heavy atom. The third-order valence-electron chi connectivity index (χ3n) is 3.98. The fraction of sp³-hybridized carbons (Fsp3) is 0.0909. The molecule has 2 aromatic carbocycles. The van der Waals surface area contributed by atoms with Gasteiger partial charge in [0.2, 0.25) is 0 Å². The standard InChI is InChI=1S/C22H20N2O4/c1-15-5-7-16(8-6-15)21(25)24-20(14-19-4-3-13-28-19)22(26)23-17-9-11-18(27-2)12-10-17/h3-14H,1-2H3,(H,23,26)(H,24,25). The lowest BCUT2D eigenvalue weighted by molar-refractivity contribution is -0.113. The molecule has 0 aliphatic rings. The Hall–Kier alpha value is -3.80. The third-order valence-corrected chi connectivity index (χ3v) is 3.98. The topological polar surface area (TPSA) is 80.6 Å². The van der Waals surface area contributed by atoms with Crippen molar-refractivity contribution in [2.45, 2.75) is 6.92 Å². The van der Waals surface area contributed by atoms with Gasteiger partial charge in [-0.25, -0.2) is 0 Å². The highest BCUT2D eigenvalue weighted by molar-refractivity contribution is 6.10. The molecule has 142 valence electrons. The lowest BCUT2D eigenvalue weighted by atomic mass is 10.1. The van der Waals surface area contributed by atoms with Gasteiger partial charge in [-0.3, -0.25) is 9.59 Å². The van der Waals surface area contributed by atoms with E-state index >= 15 is 0 Å². The molecule has 1 heterocycles. The minimum atomic E-state index is -0.470. The van der Waals surface area contributed by atoms with Crippen molar-refractivity contribution in [3.05, 3.63) is 89.5 Å². The van der Waals surface area contributed by atoms with Crippen molar-refractivity contribution in [1.82, 2.24) is 5.32 Å². The molecule has 0 bridgehead atoms. The minimum absolute atomic E-state index is 0.0661. The number of carbonyl (C=O) groups excluding carboxylic acids is 2. The molecule has 0 atom stereocenters. The van der Waals surface area contributed by atoms with E-state index in [0.29, 0.717) is 22.8 Å². The summed E-state index contributed by atoms with van der Waals surface area (Å²) in [6, 6.07) is 17.4. The summed E-state index contributed by atoms with van der Waals surface area (Å²) in [5, 5.41) is 5.41. The van der Waals surface area contributed by atoms with Crippen LogP contribution in [0.25, 0.3) is 6.08 Å². The zero-order chi connectivity index (χ0) is 19.9. The van der Waals surface area contributed by atoms with Crippen LogP contribution in [0.5, 0.6) is 5.75 Å². The molecule has 0 unspecified atom stereocenters. The van der Waals surface area contributed by atoms with E-state index in [0.717, 1.165) is 5.56 Å². The zero-order valence-electron chi connectivity index (χ0n) is 15.6. The largest absolute Gasteiger partial charge is 0.497 e. The number of carbonyl (C=O) groups is 2. The molecule has 0 radical (unpaired) electrons. The Balaban J connectivity index is 1.80. The second kappa shape index (κ2) is 8.73. The number of ether oxygens (including phenoxy) is 1. The molecule has 6 nitrogen and oxygen atoms in total. The number of benzene rings is 2. The predicted octanol–water partition coefficient (Wildman–Crippen LogP) is 4.01. The van der Waals surface area contributed by atoms with E-state index < -0.39 is 5.91 Å². The molecule has 0 aliphatic carbocycles. The second-order valence-electron chi connectivity index (χ2n) is 6.08. The lowest BCUT2D eigenvalue weighted by Crippen LogP contribution is -2.30. The fourth-order valence-corrected chi connectivity index (χ4v) is 2.45. The summed E-state index contributed by atoms with van der Waals surface area (Å²) in [4.78, 5) is 25.3. The Kier molecular flexibility index (Phi) is 5.91. The molecule has 1 aromatic heterocycles. The maximum Gasteiger partial charge on any atom is 0.272 e. The number of amides is 2. The van der Waals surface area contributed by atoms with Gasteiger partial charge in [0.05, 0.1) is 13.4 Å². The van der Waals surface area contributed by atoms with Crippen LogP contribution in [0.3, 0.4) is 0 Å². The van der Waals surface area contributed by atoms with Gasteiger partial charge in [0, 0.05) is 17.3 Å².